The maximum atomic E-state index is 6.13. The topological polar surface area (TPSA) is 27.7 Å². The van der Waals surface area contributed by atoms with Crippen LogP contribution in [-0.4, -0.2) is 0 Å². The molecule has 0 aromatic heterocycles. The van der Waals surface area contributed by atoms with Crippen LogP contribution in [0, 0.1) is 6.92 Å². The Morgan fingerprint density at radius 2 is 1.37 bits per heavy atom. The molecule has 0 atom stereocenters. The lowest BCUT2D eigenvalue weighted by Crippen LogP contribution is -2.09. The van der Waals surface area contributed by atoms with Gasteiger partial charge >= 0.3 is 6.72 Å². The monoisotopic (exact) mass is 542 g/mol. The van der Waals surface area contributed by atoms with Crippen molar-refractivity contribution in [3.63, 3.8) is 0 Å². The van der Waals surface area contributed by atoms with Gasteiger partial charge in [-0.05, 0) is 55.5 Å². The fourth-order valence-electron chi connectivity index (χ4n) is 2.42. The van der Waals surface area contributed by atoms with Crippen molar-refractivity contribution in [3.05, 3.63) is 75.2 Å². The zero-order valence-corrected chi connectivity index (χ0v) is 19.7. The van der Waals surface area contributed by atoms with E-state index in [1.165, 1.54) is 0 Å². The normalized spacial score (nSPS) is 14.6. The zero-order valence-electron chi connectivity index (χ0n) is 14.0. The Bertz CT molecular complexity index is 1000. The van der Waals surface area contributed by atoms with Crippen molar-refractivity contribution in [3.8, 4) is 17.2 Å². The van der Waals surface area contributed by atoms with E-state index in [1.54, 1.807) is 11.8 Å². The molecule has 0 fully saturated rings. The van der Waals surface area contributed by atoms with Crippen LogP contribution in [-0.2, 0) is 11.8 Å². The zero-order chi connectivity index (χ0) is 19.0. The highest BCUT2D eigenvalue weighted by Gasteiger charge is 2.31. The molecule has 0 spiro atoms. The minimum atomic E-state index is -3.13. The molecule has 1 aliphatic rings. The van der Waals surface area contributed by atoms with E-state index >= 15 is 0 Å². The maximum absolute atomic E-state index is 6.13. The summed E-state index contributed by atoms with van der Waals surface area (Å²) in [6.45, 7) is -1.11. The molecule has 0 saturated carbocycles. The molecule has 27 heavy (non-hydrogen) atoms. The Hall–Kier alpha value is -0.980. The number of rotatable bonds is 2. The van der Waals surface area contributed by atoms with Gasteiger partial charge in [0, 0.05) is 20.8 Å². The molecule has 0 unspecified atom stereocenters. The summed E-state index contributed by atoms with van der Waals surface area (Å²) in [5, 5.41) is 0. The molecular weight excluding hydrogens is 531 g/mol. The lowest BCUT2D eigenvalue weighted by molar-refractivity contribution is 0.375. The molecule has 1 aliphatic heterocycles. The fourth-order valence-corrected chi connectivity index (χ4v) is 6.63. The lowest BCUT2D eigenvalue weighted by atomic mass is 10.2. The highest BCUT2D eigenvalue weighted by Crippen LogP contribution is 2.56. The van der Waals surface area contributed by atoms with Gasteiger partial charge in [-0.2, -0.15) is 0 Å². The summed E-state index contributed by atoms with van der Waals surface area (Å²) in [4.78, 5) is 1.88. The number of benzene rings is 3. The van der Waals surface area contributed by atoms with Gasteiger partial charge in [-0.25, -0.2) is 0 Å². The molecule has 4 rings (SSSR count). The van der Waals surface area contributed by atoms with E-state index in [2.05, 4.69) is 31.9 Å². The SMILES string of the molecule is Cc1ccc(OP2(=S)Oc3ccc(Br)cc3Sc3cc(Br)ccc3O2)cc1. The second-order valence-corrected chi connectivity index (χ2v) is 11.5. The summed E-state index contributed by atoms with van der Waals surface area (Å²) in [6, 6.07) is 19.2. The van der Waals surface area contributed by atoms with Gasteiger partial charge in [-0.15, -0.1) is 0 Å². The van der Waals surface area contributed by atoms with Gasteiger partial charge < -0.3 is 13.6 Å². The van der Waals surface area contributed by atoms with Crippen LogP contribution in [0.15, 0.2) is 79.4 Å². The first-order valence-electron chi connectivity index (χ1n) is 7.93. The quantitative estimate of drug-likeness (QED) is 0.308. The van der Waals surface area contributed by atoms with E-state index in [1.807, 2.05) is 67.6 Å². The van der Waals surface area contributed by atoms with Crippen LogP contribution in [0.5, 0.6) is 17.2 Å². The Labute approximate surface area is 183 Å². The summed E-state index contributed by atoms with van der Waals surface area (Å²) in [6.07, 6.45) is 0. The minimum absolute atomic E-state index is 0.620. The number of aryl methyl sites for hydroxylation is 1. The Morgan fingerprint density at radius 1 is 0.852 bits per heavy atom. The van der Waals surface area contributed by atoms with Crippen molar-refractivity contribution >= 4 is 62.1 Å². The van der Waals surface area contributed by atoms with Crippen molar-refractivity contribution in [2.24, 2.45) is 0 Å². The van der Waals surface area contributed by atoms with E-state index in [0.29, 0.717) is 17.2 Å². The minimum Gasteiger partial charge on any atom is -0.407 e. The predicted molar refractivity (Wildman–Crippen MR) is 120 cm³/mol. The highest BCUT2D eigenvalue weighted by molar-refractivity contribution is 9.10. The molecule has 0 radical (unpaired) electrons. The van der Waals surface area contributed by atoms with E-state index in [9.17, 15) is 0 Å². The average molecular weight is 544 g/mol. The number of halogens is 2. The Kier molecular flexibility index (Phi) is 5.59. The van der Waals surface area contributed by atoms with Crippen LogP contribution < -0.4 is 13.6 Å². The first kappa shape index (κ1) is 19.3. The van der Waals surface area contributed by atoms with E-state index in [4.69, 9.17) is 25.4 Å². The molecule has 0 saturated heterocycles. The summed E-state index contributed by atoms with van der Waals surface area (Å²) in [5.74, 6) is 1.91. The molecule has 8 heteroatoms. The van der Waals surface area contributed by atoms with Crippen LogP contribution >= 0.6 is 50.3 Å². The van der Waals surface area contributed by atoms with Crippen molar-refractivity contribution in [1.29, 1.82) is 0 Å². The highest BCUT2D eigenvalue weighted by atomic mass is 79.9. The Balaban J connectivity index is 1.80. The van der Waals surface area contributed by atoms with Crippen molar-refractivity contribution in [2.75, 3.05) is 0 Å². The fraction of sp³-hybridized carbons (Fsp3) is 0.0526. The molecule has 0 aliphatic carbocycles. The van der Waals surface area contributed by atoms with Gasteiger partial charge in [-0.3, -0.25) is 0 Å². The van der Waals surface area contributed by atoms with Gasteiger partial charge in [0.05, 0.1) is 9.79 Å². The van der Waals surface area contributed by atoms with Crippen molar-refractivity contribution in [1.82, 2.24) is 0 Å². The molecule has 0 N–H and O–H groups in total. The van der Waals surface area contributed by atoms with Crippen LogP contribution in [0.25, 0.3) is 0 Å². The first-order valence-corrected chi connectivity index (χ1v) is 12.9. The number of fused-ring (bicyclic) bond motifs is 2. The molecular formula is C19H13Br2O3PS2. The van der Waals surface area contributed by atoms with Crippen LogP contribution in [0.2, 0.25) is 0 Å². The summed E-state index contributed by atoms with van der Waals surface area (Å²) in [7, 11) is 0. The summed E-state index contributed by atoms with van der Waals surface area (Å²) in [5.41, 5.74) is 1.14. The third-order valence-corrected chi connectivity index (χ3v) is 7.70. The number of hydrogen-bond donors (Lipinski definition) is 0. The van der Waals surface area contributed by atoms with Crippen LogP contribution in [0.3, 0.4) is 0 Å². The van der Waals surface area contributed by atoms with Gasteiger partial charge in [-0.1, -0.05) is 61.3 Å². The van der Waals surface area contributed by atoms with E-state index in [-0.39, 0.29) is 0 Å². The molecule has 0 amide bonds. The Morgan fingerprint density at radius 3 is 1.89 bits per heavy atom. The standard InChI is InChI=1S/C19H13Br2O3PS2/c1-12-2-6-15(7-3-12)22-25(26)23-16-8-4-13(20)10-18(16)27-19-11-14(21)5-9-17(19)24-25/h2-11H,1H3. The third-order valence-electron chi connectivity index (χ3n) is 3.69. The maximum Gasteiger partial charge on any atom is 0.490 e. The largest absolute Gasteiger partial charge is 0.490 e. The number of hydrogen-bond acceptors (Lipinski definition) is 5. The second-order valence-electron chi connectivity index (χ2n) is 5.82. The third kappa shape index (κ3) is 4.54. The first-order chi connectivity index (χ1) is 12.9. The van der Waals surface area contributed by atoms with Gasteiger partial charge in [0.15, 0.2) is 0 Å². The van der Waals surface area contributed by atoms with E-state index < -0.39 is 6.72 Å². The second kappa shape index (κ2) is 7.80. The lowest BCUT2D eigenvalue weighted by Gasteiger charge is -2.27. The smallest absolute Gasteiger partial charge is 0.407 e. The molecule has 0 bridgehead atoms. The van der Waals surface area contributed by atoms with Gasteiger partial charge in [0.1, 0.15) is 17.2 Å². The molecule has 3 aromatic carbocycles. The molecule has 1 heterocycles. The summed E-state index contributed by atoms with van der Waals surface area (Å²) < 4.78 is 20.2. The average Bonchev–Trinajstić information content (AvgIpc) is 2.61. The predicted octanol–water partition coefficient (Wildman–Crippen LogP) is 7.75. The molecule has 138 valence electrons. The van der Waals surface area contributed by atoms with Crippen LogP contribution in [0.1, 0.15) is 5.56 Å². The van der Waals surface area contributed by atoms with Crippen LogP contribution in [0.4, 0.5) is 0 Å². The molecule has 3 aromatic rings. The van der Waals surface area contributed by atoms with Gasteiger partial charge in [0.2, 0.25) is 0 Å². The van der Waals surface area contributed by atoms with Crippen molar-refractivity contribution < 1.29 is 13.6 Å². The van der Waals surface area contributed by atoms with Gasteiger partial charge in [0.25, 0.3) is 0 Å². The molecule has 3 nitrogen and oxygen atoms in total. The summed E-state index contributed by atoms with van der Waals surface area (Å²) >= 11 is 14.3. The van der Waals surface area contributed by atoms with E-state index in [0.717, 1.165) is 24.3 Å². The van der Waals surface area contributed by atoms with Crippen molar-refractivity contribution in [2.45, 2.75) is 16.7 Å².